The lowest BCUT2D eigenvalue weighted by atomic mass is 9.75. The number of esters is 1. The molecule has 0 bridgehead atoms. The van der Waals surface area contributed by atoms with Gasteiger partial charge in [0.15, 0.2) is 5.60 Å². The fourth-order valence-electron chi connectivity index (χ4n) is 4.63. The third kappa shape index (κ3) is 3.03. The molecule has 0 aliphatic carbocycles. The molecule has 0 radical (unpaired) electrons. The van der Waals surface area contributed by atoms with Crippen LogP contribution in [0.25, 0.3) is 0 Å². The van der Waals surface area contributed by atoms with Gasteiger partial charge >= 0.3 is 21.6 Å². The van der Waals surface area contributed by atoms with Crippen LogP contribution in [-0.2, 0) is 30.1 Å². The van der Waals surface area contributed by atoms with Crippen molar-refractivity contribution in [2.45, 2.75) is 36.5 Å². The van der Waals surface area contributed by atoms with E-state index in [9.17, 15) is 22.9 Å². The Bertz CT molecular complexity index is 1250. The Morgan fingerprint density at radius 3 is 2.26 bits per heavy atom. The molecule has 4 atom stereocenters. The predicted molar refractivity (Wildman–Crippen MR) is 118 cm³/mol. The second kappa shape index (κ2) is 7.82. The van der Waals surface area contributed by atoms with Crippen LogP contribution in [-0.4, -0.2) is 62.3 Å². The molecule has 0 spiro atoms. The summed E-state index contributed by atoms with van der Waals surface area (Å²) in [7, 11) is -1.28. The molecule has 4 rings (SSSR count). The van der Waals surface area contributed by atoms with Crippen molar-refractivity contribution in [2.75, 3.05) is 26.2 Å². The maximum atomic E-state index is 12.7. The molecule has 2 aliphatic heterocycles. The molecule has 2 aliphatic rings. The topological polar surface area (TPSA) is 141 Å². The van der Waals surface area contributed by atoms with Crippen molar-refractivity contribution in [3.63, 3.8) is 0 Å². The van der Waals surface area contributed by atoms with Crippen LogP contribution < -0.4 is 14.4 Å². The zero-order valence-electron chi connectivity index (χ0n) is 19.1. The highest BCUT2D eigenvalue weighted by Gasteiger charge is 2.71. The standard InChI is InChI=1S/C22H25NO10S/c1-20(25)21(2,30-4)33-15-11-7-6-10-14(15)22(20,31-5)23-17-13(18(24)29-3)9-8-12-16(17)32-19(23)34(26,27)28/h6-12,19,25H,1-5H3,(H,26,27,28). The van der Waals surface area contributed by atoms with Gasteiger partial charge in [0.1, 0.15) is 17.2 Å². The number of carbonyl (C=O) groups is 1. The van der Waals surface area contributed by atoms with Gasteiger partial charge in [-0.05, 0) is 25.1 Å². The summed E-state index contributed by atoms with van der Waals surface area (Å²) in [4.78, 5) is 13.7. The van der Waals surface area contributed by atoms with E-state index in [2.05, 4.69) is 0 Å². The summed E-state index contributed by atoms with van der Waals surface area (Å²) in [6, 6.07) is 10.7. The summed E-state index contributed by atoms with van der Waals surface area (Å²) in [5, 5.41) is 12.0. The predicted octanol–water partition coefficient (Wildman–Crippen LogP) is 1.85. The van der Waals surface area contributed by atoms with Crippen molar-refractivity contribution in [3.05, 3.63) is 53.6 Å². The van der Waals surface area contributed by atoms with Gasteiger partial charge in [-0.15, -0.1) is 0 Å². The van der Waals surface area contributed by atoms with Crippen molar-refractivity contribution in [1.29, 1.82) is 0 Å². The van der Waals surface area contributed by atoms with E-state index in [1.807, 2.05) is 0 Å². The molecule has 184 valence electrons. The Hall–Kier alpha value is -2.90. The molecule has 2 aromatic carbocycles. The number of para-hydroxylation sites is 2. The number of methoxy groups -OCH3 is 3. The van der Waals surface area contributed by atoms with Crippen molar-refractivity contribution in [2.24, 2.45) is 0 Å². The smallest absolute Gasteiger partial charge is 0.340 e. The van der Waals surface area contributed by atoms with Gasteiger partial charge in [-0.2, -0.15) is 8.42 Å². The maximum absolute atomic E-state index is 12.7. The highest BCUT2D eigenvalue weighted by Crippen LogP contribution is 2.59. The summed E-state index contributed by atoms with van der Waals surface area (Å²) in [6.07, 6.45) is 0. The molecule has 2 N–H and O–H groups in total. The number of hydrogen-bond acceptors (Lipinski definition) is 10. The number of anilines is 1. The molecule has 0 saturated heterocycles. The van der Waals surface area contributed by atoms with E-state index in [-0.39, 0.29) is 28.3 Å². The fraction of sp³-hybridized carbons (Fsp3) is 0.409. The quantitative estimate of drug-likeness (QED) is 0.464. The number of ether oxygens (including phenoxy) is 5. The van der Waals surface area contributed by atoms with Gasteiger partial charge in [-0.25, -0.2) is 4.79 Å². The lowest BCUT2D eigenvalue weighted by molar-refractivity contribution is -0.332. The van der Waals surface area contributed by atoms with Crippen molar-refractivity contribution >= 4 is 21.8 Å². The molecule has 12 heteroatoms. The SMILES string of the molecule is COC(=O)c1cccc2c1N(C1(OC)c3ccccc3OC(C)(OC)C1(C)O)C(S(=O)(=O)O)O2. The zero-order valence-corrected chi connectivity index (χ0v) is 20.0. The van der Waals surface area contributed by atoms with Gasteiger partial charge in [0.25, 0.3) is 0 Å². The summed E-state index contributed by atoms with van der Waals surface area (Å²) in [5.74, 6) is -2.44. The van der Waals surface area contributed by atoms with Crippen LogP contribution >= 0.6 is 0 Å². The summed E-state index contributed by atoms with van der Waals surface area (Å²) in [6.45, 7) is 2.78. The maximum Gasteiger partial charge on any atom is 0.340 e. The van der Waals surface area contributed by atoms with E-state index in [1.54, 1.807) is 24.3 Å². The summed E-state index contributed by atoms with van der Waals surface area (Å²) < 4.78 is 63.4. The second-order valence-corrected chi connectivity index (χ2v) is 9.56. The van der Waals surface area contributed by atoms with Crippen LogP contribution in [0.1, 0.15) is 29.8 Å². The molecule has 2 heterocycles. The first kappa shape index (κ1) is 24.2. The highest BCUT2D eigenvalue weighted by molar-refractivity contribution is 7.86. The fourth-order valence-corrected chi connectivity index (χ4v) is 5.38. The Labute approximate surface area is 196 Å². The van der Waals surface area contributed by atoms with E-state index in [0.717, 1.165) is 12.0 Å². The zero-order chi connectivity index (χ0) is 25.1. The van der Waals surface area contributed by atoms with Gasteiger partial charge in [0.05, 0.1) is 12.7 Å². The third-order valence-electron chi connectivity index (χ3n) is 6.46. The minimum atomic E-state index is -4.98. The van der Waals surface area contributed by atoms with Gasteiger partial charge in [-0.1, -0.05) is 24.3 Å². The van der Waals surface area contributed by atoms with E-state index in [0.29, 0.717) is 0 Å². The Balaban J connectivity index is 2.16. The summed E-state index contributed by atoms with van der Waals surface area (Å²) in [5.41, 5.74) is -6.36. The minimum absolute atomic E-state index is 0.0548. The second-order valence-electron chi connectivity index (χ2n) is 8.12. The molecule has 2 aromatic rings. The number of carbonyl (C=O) groups excluding carboxylic acids is 1. The molecule has 11 nitrogen and oxygen atoms in total. The van der Waals surface area contributed by atoms with Crippen LogP contribution in [0.4, 0.5) is 5.69 Å². The molecule has 0 fully saturated rings. The van der Waals surface area contributed by atoms with Crippen LogP contribution in [0.3, 0.4) is 0 Å². The number of nitrogens with zero attached hydrogens (tertiary/aromatic N) is 1. The van der Waals surface area contributed by atoms with Crippen LogP contribution in [0, 0.1) is 0 Å². The Morgan fingerprint density at radius 2 is 1.68 bits per heavy atom. The van der Waals surface area contributed by atoms with E-state index < -0.39 is 38.8 Å². The van der Waals surface area contributed by atoms with Gasteiger partial charge in [0.2, 0.25) is 11.5 Å². The monoisotopic (exact) mass is 495 g/mol. The van der Waals surface area contributed by atoms with Crippen LogP contribution in [0.5, 0.6) is 11.5 Å². The molecule has 0 aromatic heterocycles. The molecular weight excluding hydrogens is 470 g/mol. The molecule has 34 heavy (non-hydrogen) atoms. The highest BCUT2D eigenvalue weighted by atomic mass is 32.2. The van der Waals surface area contributed by atoms with Crippen molar-refractivity contribution in [1.82, 2.24) is 0 Å². The average Bonchev–Trinajstić information content (AvgIpc) is 3.20. The van der Waals surface area contributed by atoms with Gasteiger partial charge < -0.3 is 28.8 Å². The van der Waals surface area contributed by atoms with E-state index in [4.69, 9.17) is 23.7 Å². The van der Waals surface area contributed by atoms with Crippen molar-refractivity contribution < 1.29 is 46.6 Å². The average molecular weight is 496 g/mol. The number of rotatable bonds is 5. The first-order chi connectivity index (χ1) is 15.9. The van der Waals surface area contributed by atoms with Crippen LogP contribution in [0.2, 0.25) is 0 Å². The largest absolute Gasteiger partial charge is 0.465 e. The third-order valence-corrected chi connectivity index (χ3v) is 7.28. The number of fused-ring (bicyclic) bond motifs is 2. The minimum Gasteiger partial charge on any atom is -0.465 e. The molecule has 0 saturated carbocycles. The summed E-state index contributed by atoms with van der Waals surface area (Å²) >= 11 is 0. The number of hydrogen-bond donors (Lipinski definition) is 2. The number of aliphatic hydroxyl groups is 1. The van der Waals surface area contributed by atoms with Crippen LogP contribution in [0.15, 0.2) is 42.5 Å². The first-order valence-corrected chi connectivity index (χ1v) is 11.6. The van der Waals surface area contributed by atoms with Crippen molar-refractivity contribution in [3.8, 4) is 11.5 Å². The van der Waals surface area contributed by atoms with E-state index >= 15 is 0 Å². The van der Waals surface area contributed by atoms with E-state index in [1.165, 1.54) is 46.3 Å². The normalized spacial score (nSPS) is 30.1. The molecule has 0 amide bonds. The van der Waals surface area contributed by atoms with Gasteiger partial charge in [0, 0.05) is 26.7 Å². The molecule has 4 unspecified atom stereocenters. The lowest BCUT2D eigenvalue weighted by Crippen LogP contribution is -2.76. The van der Waals surface area contributed by atoms with Gasteiger partial charge in [-0.3, -0.25) is 9.45 Å². The molecular formula is C22H25NO10S. The lowest BCUT2D eigenvalue weighted by Gasteiger charge is -2.58. The number of benzene rings is 2. The Kier molecular flexibility index (Phi) is 5.57. The first-order valence-electron chi connectivity index (χ1n) is 10.1. The Morgan fingerprint density at radius 1 is 1.03 bits per heavy atom.